The van der Waals surface area contributed by atoms with E-state index in [9.17, 15) is 14.4 Å². The number of anilines is 1. The maximum absolute atomic E-state index is 12.7. The first kappa shape index (κ1) is 21.3. The highest BCUT2D eigenvalue weighted by atomic mass is 16.5. The van der Waals surface area contributed by atoms with E-state index in [4.69, 9.17) is 9.15 Å². The molecule has 0 bridgehead atoms. The van der Waals surface area contributed by atoms with Crippen LogP contribution in [0, 0.1) is 0 Å². The van der Waals surface area contributed by atoms with E-state index in [1.165, 1.54) is 6.33 Å². The van der Waals surface area contributed by atoms with Crippen molar-refractivity contribution in [1.82, 2.24) is 9.55 Å². The van der Waals surface area contributed by atoms with Gasteiger partial charge in [0.15, 0.2) is 6.61 Å². The summed E-state index contributed by atoms with van der Waals surface area (Å²) in [5, 5.41) is 3.57. The van der Waals surface area contributed by atoms with Gasteiger partial charge in [0.25, 0.3) is 11.5 Å². The molecule has 0 radical (unpaired) electrons. The van der Waals surface area contributed by atoms with E-state index in [0.717, 1.165) is 39.6 Å². The van der Waals surface area contributed by atoms with Crippen LogP contribution in [-0.4, -0.2) is 28.0 Å². The lowest BCUT2D eigenvalue weighted by atomic mass is 10.0. The van der Waals surface area contributed by atoms with E-state index in [1.807, 2.05) is 44.2 Å². The maximum Gasteiger partial charge on any atom is 0.326 e. The van der Waals surface area contributed by atoms with E-state index >= 15 is 0 Å². The second kappa shape index (κ2) is 9.05. The van der Waals surface area contributed by atoms with Crippen LogP contribution in [-0.2, 0) is 33.7 Å². The molecular formula is C24H23N3O5. The Hall–Kier alpha value is -3.94. The topological polar surface area (TPSA) is 103 Å². The number of nitrogens with one attached hydrogen (secondary N) is 1. The summed E-state index contributed by atoms with van der Waals surface area (Å²) >= 11 is 0. The van der Waals surface area contributed by atoms with Gasteiger partial charge in [-0.05, 0) is 36.1 Å². The van der Waals surface area contributed by atoms with Crippen LogP contribution in [0.25, 0.3) is 22.1 Å². The SMILES string of the molecule is CCc1cccc(CC)c1NC(=O)COC(=O)Cn1cnc2c(oc3ccccc32)c1=O. The van der Waals surface area contributed by atoms with Crippen LogP contribution in [0.5, 0.6) is 0 Å². The van der Waals surface area contributed by atoms with Gasteiger partial charge in [0, 0.05) is 11.1 Å². The number of hydrogen-bond donors (Lipinski definition) is 1. The third kappa shape index (κ3) is 4.12. The number of para-hydroxylation sites is 2. The zero-order valence-electron chi connectivity index (χ0n) is 17.9. The smallest absolute Gasteiger partial charge is 0.326 e. The van der Waals surface area contributed by atoms with E-state index in [0.29, 0.717) is 11.1 Å². The van der Waals surface area contributed by atoms with Crippen molar-refractivity contribution in [3.05, 3.63) is 70.3 Å². The molecule has 1 amide bonds. The van der Waals surface area contributed by atoms with Crippen LogP contribution in [0.15, 0.2) is 58.0 Å². The molecule has 0 fully saturated rings. The third-order valence-electron chi connectivity index (χ3n) is 5.28. The van der Waals surface area contributed by atoms with Crippen LogP contribution in [0.2, 0.25) is 0 Å². The predicted octanol–water partition coefficient (Wildman–Crippen LogP) is 3.45. The summed E-state index contributed by atoms with van der Waals surface area (Å²) in [5.41, 5.74) is 3.36. The maximum atomic E-state index is 12.7. The lowest BCUT2D eigenvalue weighted by molar-refractivity contribution is -0.147. The van der Waals surface area contributed by atoms with Crippen LogP contribution in [0.1, 0.15) is 25.0 Å². The van der Waals surface area contributed by atoms with Crippen molar-refractivity contribution in [2.45, 2.75) is 33.2 Å². The number of hydrogen-bond acceptors (Lipinski definition) is 6. The van der Waals surface area contributed by atoms with Gasteiger partial charge < -0.3 is 14.5 Å². The summed E-state index contributed by atoms with van der Waals surface area (Å²) in [6, 6.07) is 13.0. The van der Waals surface area contributed by atoms with Crippen LogP contribution in [0.3, 0.4) is 0 Å². The molecule has 0 saturated carbocycles. The Morgan fingerprint density at radius 2 is 1.78 bits per heavy atom. The minimum atomic E-state index is -0.723. The Morgan fingerprint density at radius 3 is 2.50 bits per heavy atom. The summed E-state index contributed by atoms with van der Waals surface area (Å²) in [4.78, 5) is 41.6. The van der Waals surface area contributed by atoms with Gasteiger partial charge in [-0.1, -0.05) is 44.2 Å². The molecule has 4 aromatic rings. The molecule has 2 heterocycles. The number of rotatable bonds is 7. The Bertz CT molecular complexity index is 1350. The molecule has 4 rings (SSSR count). The number of amides is 1. The molecule has 2 aromatic heterocycles. The summed E-state index contributed by atoms with van der Waals surface area (Å²) in [7, 11) is 0. The summed E-state index contributed by atoms with van der Waals surface area (Å²) in [6.45, 7) is 3.19. The van der Waals surface area contributed by atoms with Crippen LogP contribution < -0.4 is 10.9 Å². The predicted molar refractivity (Wildman–Crippen MR) is 121 cm³/mol. The van der Waals surface area contributed by atoms with Gasteiger partial charge in [-0.3, -0.25) is 19.0 Å². The minimum Gasteiger partial charge on any atom is -0.454 e. The lowest BCUT2D eigenvalue weighted by Crippen LogP contribution is -2.28. The van der Waals surface area contributed by atoms with Crippen molar-refractivity contribution in [2.24, 2.45) is 0 Å². The zero-order chi connectivity index (χ0) is 22.7. The number of aryl methyl sites for hydroxylation is 2. The Morgan fingerprint density at radius 1 is 1.06 bits per heavy atom. The molecular weight excluding hydrogens is 410 g/mol. The monoisotopic (exact) mass is 433 g/mol. The highest BCUT2D eigenvalue weighted by Crippen LogP contribution is 2.24. The quantitative estimate of drug-likeness (QED) is 0.448. The van der Waals surface area contributed by atoms with Crippen molar-refractivity contribution in [2.75, 3.05) is 11.9 Å². The van der Waals surface area contributed by atoms with Gasteiger partial charge in [-0.15, -0.1) is 0 Å². The number of ether oxygens (including phenoxy) is 1. The van der Waals surface area contributed by atoms with Crippen molar-refractivity contribution < 1.29 is 18.7 Å². The zero-order valence-corrected chi connectivity index (χ0v) is 17.9. The molecule has 8 heteroatoms. The molecule has 0 aliphatic heterocycles. The molecule has 8 nitrogen and oxygen atoms in total. The fraction of sp³-hybridized carbons (Fsp3) is 0.250. The second-order valence-corrected chi connectivity index (χ2v) is 7.32. The largest absolute Gasteiger partial charge is 0.454 e. The molecule has 32 heavy (non-hydrogen) atoms. The standard InChI is InChI=1S/C24H23N3O5/c1-3-15-8-7-9-16(4-2)21(15)26-19(28)13-31-20(29)12-27-14-25-22-17-10-5-6-11-18(17)32-23(22)24(27)30/h5-11,14H,3-4,12-13H2,1-2H3,(H,26,28). The molecule has 0 atom stereocenters. The summed E-state index contributed by atoms with van der Waals surface area (Å²) in [6.07, 6.45) is 2.81. The molecule has 2 aromatic carbocycles. The Kier molecular flexibility index (Phi) is 6.02. The van der Waals surface area contributed by atoms with E-state index in [-0.39, 0.29) is 12.1 Å². The average molecular weight is 433 g/mol. The highest BCUT2D eigenvalue weighted by Gasteiger charge is 2.16. The van der Waals surface area contributed by atoms with Gasteiger partial charge >= 0.3 is 5.97 Å². The summed E-state index contributed by atoms with van der Waals surface area (Å²) in [5.74, 6) is -1.16. The molecule has 0 aliphatic carbocycles. The van der Waals surface area contributed by atoms with E-state index in [1.54, 1.807) is 12.1 Å². The first-order chi connectivity index (χ1) is 15.5. The van der Waals surface area contributed by atoms with Crippen LogP contribution >= 0.6 is 0 Å². The normalized spacial score (nSPS) is 11.1. The van der Waals surface area contributed by atoms with Crippen molar-refractivity contribution >= 4 is 39.6 Å². The van der Waals surface area contributed by atoms with Crippen molar-refractivity contribution in [1.29, 1.82) is 0 Å². The number of esters is 1. The average Bonchev–Trinajstić information content (AvgIpc) is 3.19. The summed E-state index contributed by atoms with van der Waals surface area (Å²) < 4.78 is 11.8. The first-order valence-corrected chi connectivity index (χ1v) is 10.4. The van der Waals surface area contributed by atoms with Gasteiger partial charge in [0.1, 0.15) is 17.6 Å². The Labute approximate surface area is 183 Å². The number of carbonyl (C=O) groups is 2. The second-order valence-electron chi connectivity index (χ2n) is 7.32. The number of carbonyl (C=O) groups excluding carboxylic acids is 2. The van der Waals surface area contributed by atoms with Gasteiger partial charge in [-0.2, -0.15) is 0 Å². The minimum absolute atomic E-state index is 0.0718. The fourth-order valence-electron chi connectivity index (χ4n) is 3.64. The number of nitrogens with zero attached hydrogens (tertiary/aromatic N) is 2. The van der Waals surface area contributed by atoms with E-state index in [2.05, 4.69) is 10.3 Å². The molecule has 0 saturated heterocycles. The van der Waals surface area contributed by atoms with Gasteiger partial charge in [0.05, 0.1) is 6.33 Å². The Balaban J connectivity index is 1.43. The number of benzene rings is 2. The number of aromatic nitrogens is 2. The number of furan rings is 1. The van der Waals surface area contributed by atoms with Crippen molar-refractivity contribution in [3.63, 3.8) is 0 Å². The molecule has 1 N–H and O–H groups in total. The van der Waals surface area contributed by atoms with Crippen LogP contribution in [0.4, 0.5) is 5.69 Å². The first-order valence-electron chi connectivity index (χ1n) is 10.4. The third-order valence-corrected chi connectivity index (χ3v) is 5.28. The molecule has 0 unspecified atom stereocenters. The highest BCUT2D eigenvalue weighted by molar-refractivity contribution is 6.01. The fourth-order valence-corrected chi connectivity index (χ4v) is 3.64. The molecule has 0 aliphatic rings. The van der Waals surface area contributed by atoms with Gasteiger partial charge in [0.2, 0.25) is 5.58 Å². The van der Waals surface area contributed by atoms with E-state index < -0.39 is 24.0 Å². The van der Waals surface area contributed by atoms with Crippen molar-refractivity contribution in [3.8, 4) is 0 Å². The molecule has 0 spiro atoms. The lowest BCUT2D eigenvalue weighted by Gasteiger charge is -2.14. The van der Waals surface area contributed by atoms with Gasteiger partial charge in [-0.25, -0.2) is 4.98 Å². The molecule has 164 valence electrons. The number of fused-ring (bicyclic) bond motifs is 3.